The van der Waals surface area contributed by atoms with Crippen molar-refractivity contribution in [3.8, 4) is 0 Å². The summed E-state index contributed by atoms with van der Waals surface area (Å²) in [6.07, 6.45) is 0. The third kappa shape index (κ3) is 2.13. The summed E-state index contributed by atoms with van der Waals surface area (Å²) in [6.45, 7) is 1.80. The zero-order valence-corrected chi connectivity index (χ0v) is 9.73. The number of rotatable bonds is 3. The molecule has 0 aliphatic heterocycles. The van der Waals surface area contributed by atoms with Gasteiger partial charge in [0.05, 0.1) is 12.1 Å². The Morgan fingerprint density at radius 3 is 2.64 bits per heavy atom. The van der Waals surface area contributed by atoms with Crippen molar-refractivity contribution < 1.29 is 9.50 Å². The lowest BCUT2D eigenvalue weighted by molar-refractivity contribution is 0.183. The fourth-order valence-electron chi connectivity index (χ4n) is 1.24. The minimum absolute atomic E-state index is 0.0479. The van der Waals surface area contributed by atoms with E-state index in [0.29, 0.717) is 4.47 Å². The van der Waals surface area contributed by atoms with Crippen LogP contribution in [-0.4, -0.2) is 18.8 Å². The van der Waals surface area contributed by atoms with Gasteiger partial charge in [-0.3, -0.25) is 0 Å². The number of likely N-dealkylation sites (N-methyl/N-ethyl adjacent to an activating group) is 1. The standard InChI is InChI=1S/C10H13BrFNO/c1-10(6-14,13-2)8-4-3-7(12)5-9(8)11/h3-5,13-14H,6H2,1-2H3. The Labute approximate surface area is 91.3 Å². The largest absolute Gasteiger partial charge is 0.394 e. The molecule has 0 aliphatic carbocycles. The van der Waals surface area contributed by atoms with Crippen LogP contribution >= 0.6 is 15.9 Å². The van der Waals surface area contributed by atoms with Gasteiger partial charge in [0.2, 0.25) is 0 Å². The monoisotopic (exact) mass is 261 g/mol. The maximum atomic E-state index is 12.8. The first kappa shape index (κ1) is 11.6. The Morgan fingerprint density at radius 2 is 2.21 bits per heavy atom. The van der Waals surface area contributed by atoms with Crippen molar-refractivity contribution in [2.75, 3.05) is 13.7 Å². The number of nitrogens with one attached hydrogen (secondary N) is 1. The molecule has 0 amide bonds. The van der Waals surface area contributed by atoms with E-state index in [1.165, 1.54) is 12.1 Å². The van der Waals surface area contributed by atoms with Gasteiger partial charge in [-0.2, -0.15) is 0 Å². The molecule has 0 saturated carbocycles. The van der Waals surface area contributed by atoms with E-state index in [4.69, 9.17) is 0 Å². The lowest BCUT2D eigenvalue weighted by Crippen LogP contribution is -2.40. The molecule has 0 spiro atoms. The van der Waals surface area contributed by atoms with Gasteiger partial charge in [-0.25, -0.2) is 4.39 Å². The maximum absolute atomic E-state index is 12.8. The second kappa shape index (κ2) is 4.38. The van der Waals surface area contributed by atoms with Gasteiger partial charge >= 0.3 is 0 Å². The fourth-order valence-corrected chi connectivity index (χ4v) is 2.02. The topological polar surface area (TPSA) is 32.3 Å². The molecule has 0 bridgehead atoms. The minimum atomic E-state index is -0.549. The van der Waals surface area contributed by atoms with Crippen molar-refractivity contribution >= 4 is 15.9 Å². The highest BCUT2D eigenvalue weighted by atomic mass is 79.9. The molecule has 1 aromatic rings. The second-order valence-corrected chi connectivity index (χ2v) is 4.22. The molecule has 2 nitrogen and oxygen atoms in total. The highest BCUT2D eigenvalue weighted by molar-refractivity contribution is 9.10. The van der Waals surface area contributed by atoms with Crippen LogP contribution in [0.3, 0.4) is 0 Å². The summed E-state index contributed by atoms with van der Waals surface area (Å²) in [6, 6.07) is 4.43. The van der Waals surface area contributed by atoms with Crippen molar-refractivity contribution in [1.82, 2.24) is 5.32 Å². The lowest BCUT2D eigenvalue weighted by atomic mass is 9.93. The van der Waals surface area contributed by atoms with E-state index in [0.717, 1.165) is 5.56 Å². The van der Waals surface area contributed by atoms with Gasteiger partial charge in [-0.05, 0) is 31.7 Å². The van der Waals surface area contributed by atoms with E-state index in [9.17, 15) is 9.50 Å². The average molecular weight is 262 g/mol. The van der Waals surface area contributed by atoms with Crippen LogP contribution in [0, 0.1) is 5.82 Å². The van der Waals surface area contributed by atoms with Gasteiger partial charge in [0.1, 0.15) is 5.82 Å². The summed E-state index contributed by atoms with van der Waals surface area (Å²) >= 11 is 3.27. The van der Waals surface area contributed by atoms with E-state index >= 15 is 0 Å². The minimum Gasteiger partial charge on any atom is -0.394 e. The van der Waals surface area contributed by atoms with E-state index in [2.05, 4.69) is 21.2 Å². The third-order valence-electron chi connectivity index (χ3n) is 2.39. The number of aliphatic hydroxyl groups excluding tert-OH is 1. The second-order valence-electron chi connectivity index (χ2n) is 3.36. The highest BCUT2D eigenvalue weighted by Crippen LogP contribution is 2.28. The zero-order valence-electron chi connectivity index (χ0n) is 8.14. The number of halogens is 2. The summed E-state index contributed by atoms with van der Waals surface area (Å²) < 4.78 is 13.5. The Bertz CT molecular complexity index is 326. The first-order chi connectivity index (χ1) is 6.53. The molecule has 0 aliphatic rings. The SMILES string of the molecule is CNC(C)(CO)c1ccc(F)cc1Br. The van der Waals surface area contributed by atoms with Crippen LogP contribution in [0.25, 0.3) is 0 Å². The average Bonchev–Trinajstić information content (AvgIpc) is 2.17. The van der Waals surface area contributed by atoms with Crippen LogP contribution < -0.4 is 5.32 Å². The van der Waals surface area contributed by atoms with Crippen molar-refractivity contribution in [1.29, 1.82) is 0 Å². The van der Waals surface area contributed by atoms with Crippen molar-refractivity contribution in [2.45, 2.75) is 12.5 Å². The first-order valence-electron chi connectivity index (χ1n) is 4.29. The summed E-state index contributed by atoms with van der Waals surface area (Å²) in [7, 11) is 1.76. The number of hydrogen-bond acceptors (Lipinski definition) is 2. The molecular formula is C10H13BrFNO. The molecule has 1 rings (SSSR count). The van der Waals surface area contributed by atoms with Gasteiger partial charge in [0, 0.05) is 4.47 Å². The number of benzene rings is 1. The van der Waals surface area contributed by atoms with Crippen LogP contribution in [-0.2, 0) is 5.54 Å². The number of aliphatic hydroxyl groups is 1. The Morgan fingerprint density at radius 1 is 1.57 bits per heavy atom. The fraction of sp³-hybridized carbons (Fsp3) is 0.400. The van der Waals surface area contributed by atoms with Gasteiger partial charge < -0.3 is 10.4 Å². The summed E-state index contributed by atoms with van der Waals surface area (Å²) in [5, 5.41) is 12.3. The predicted molar refractivity (Wildman–Crippen MR) is 57.6 cm³/mol. The molecule has 0 saturated heterocycles. The molecule has 14 heavy (non-hydrogen) atoms. The quantitative estimate of drug-likeness (QED) is 0.873. The van der Waals surface area contributed by atoms with E-state index < -0.39 is 5.54 Å². The summed E-state index contributed by atoms with van der Waals surface area (Å²) in [5.41, 5.74) is 0.288. The predicted octanol–water partition coefficient (Wildman–Crippen LogP) is 2.02. The van der Waals surface area contributed by atoms with E-state index in [1.54, 1.807) is 13.1 Å². The molecule has 1 unspecified atom stereocenters. The summed E-state index contributed by atoms with van der Waals surface area (Å²) in [4.78, 5) is 0. The van der Waals surface area contributed by atoms with E-state index in [1.807, 2.05) is 6.92 Å². The first-order valence-corrected chi connectivity index (χ1v) is 5.08. The van der Waals surface area contributed by atoms with Gasteiger partial charge in [0.15, 0.2) is 0 Å². The Hall–Kier alpha value is -0.450. The lowest BCUT2D eigenvalue weighted by Gasteiger charge is -2.28. The number of hydrogen-bond donors (Lipinski definition) is 2. The molecule has 2 N–H and O–H groups in total. The molecule has 0 heterocycles. The Balaban J connectivity index is 3.17. The normalized spacial score (nSPS) is 15.2. The molecule has 1 atom stereocenters. The van der Waals surface area contributed by atoms with Gasteiger partial charge in [-0.1, -0.05) is 22.0 Å². The van der Waals surface area contributed by atoms with Crippen LogP contribution in [0.2, 0.25) is 0 Å². The van der Waals surface area contributed by atoms with Crippen molar-refractivity contribution in [3.05, 3.63) is 34.1 Å². The smallest absolute Gasteiger partial charge is 0.124 e. The maximum Gasteiger partial charge on any atom is 0.124 e. The molecule has 0 aromatic heterocycles. The van der Waals surface area contributed by atoms with Gasteiger partial charge in [0.25, 0.3) is 0 Å². The Kier molecular flexibility index (Phi) is 3.64. The van der Waals surface area contributed by atoms with Crippen molar-refractivity contribution in [3.63, 3.8) is 0 Å². The van der Waals surface area contributed by atoms with Crippen molar-refractivity contribution in [2.24, 2.45) is 0 Å². The third-order valence-corrected chi connectivity index (χ3v) is 3.05. The summed E-state index contributed by atoms with van der Waals surface area (Å²) in [5.74, 6) is -0.294. The zero-order chi connectivity index (χ0) is 10.8. The molecule has 0 fully saturated rings. The molecular weight excluding hydrogens is 249 g/mol. The van der Waals surface area contributed by atoms with Crippen LogP contribution in [0.15, 0.2) is 22.7 Å². The molecule has 78 valence electrons. The van der Waals surface area contributed by atoms with Gasteiger partial charge in [-0.15, -0.1) is 0 Å². The highest BCUT2D eigenvalue weighted by Gasteiger charge is 2.25. The molecule has 4 heteroatoms. The van der Waals surface area contributed by atoms with Crippen LogP contribution in [0.1, 0.15) is 12.5 Å². The van der Waals surface area contributed by atoms with E-state index in [-0.39, 0.29) is 12.4 Å². The molecule has 0 radical (unpaired) electrons. The van der Waals surface area contributed by atoms with Crippen LogP contribution in [0.4, 0.5) is 4.39 Å². The molecule has 1 aromatic carbocycles. The van der Waals surface area contributed by atoms with Crippen LogP contribution in [0.5, 0.6) is 0 Å².